The minimum Gasteiger partial charge on any atom is -0.270 e. The number of amidine groups is 1. The molecule has 8 heteroatoms. The Kier molecular flexibility index (Phi) is 5.44. The standard InChI is InChI=1S/C25H27FN5O2/c1-17-15-30(20-12-10-19(26)11-13-20)24-27-22-21(31(24)16-17)23(32)29(25(33)28(22)2)14-6-9-18-7-4-3-5-8-18/h3-5,7-8,10-13,17,21H,6,9,14-16H2,1-2H3/q+1. The molecule has 170 valence electrons. The van der Waals surface area contributed by atoms with Gasteiger partial charge in [-0.05, 0) is 42.7 Å². The van der Waals surface area contributed by atoms with Crippen LogP contribution >= 0.6 is 0 Å². The van der Waals surface area contributed by atoms with Gasteiger partial charge >= 0.3 is 12.0 Å². The smallest absolute Gasteiger partial charge is 0.270 e. The summed E-state index contributed by atoms with van der Waals surface area (Å²) in [6.07, 6.45) is 1.49. The van der Waals surface area contributed by atoms with Gasteiger partial charge in [0, 0.05) is 19.5 Å². The number of imide groups is 1. The lowest BCUT2D eigenvalue weighted by Crippen LogP contribution is -2.63. The zero-order valence-corrected chi connectivity index (χ0v) is 18.8. The Balaban J connectivity index is 1.41. The second-order valence-corrected chi connectivity index (χ2v) is 8.94. The molecule has 0 aliphatic carbocycles. The SMILES string of the molecule is CC1CN(c2ccc(F)cc2)C2=[N+](C1)C1C(=O)N(CCCc3ccccc3)C(=O)N(C)C1=N2. The van der Waals surface area contributed by atoms with Gasteiger partial charge in [-0.2, -0.15) is 0 Å². The normalized spacial score (nSPS) is 22.5. The van der Waals surface area contributed by atoms with E-state index in [1.807, 2.05) is 39.8 Å². The molecule has 0 radical (unpaired) electrons. The average Bonchev–Trinajstić information content (AvgIpc) is 3.20. The molecule has 33 heavy (non-hydrogen) atoms. The van der Waals surface area contributed by atoms with Gasteiger partial charge < -0.3 is 0 Å². The van der Waals surface area contributed by atoms with E-state index in [-0.39, 0.29) is 23.7 Å². The summed E-state index contributed by atoms with van der Waals surface area (Å²) in [6, 6.07) is 15.4. The number of halogens is 1. The van der Waals surface area contributed by atoms with Crippen LogP contribution in [0.2, 0.25) is 0 Å². The third-order valence-corrected chi connectivity index (χ3v) is 6.46. The van der Waals surface area contributed by atoms with Gasteiger partial charge in [0.05, 0.1) is 13.1 Å². The van der Waals surface area contributed by atoms with Gasteiger partial charge in [-0.15, -0.1) is 0 Å². The molecule has 1 fully saturated rings. The second kappa shape index (κ2) is 8.42. The van der Waals surface area contributed by atoms with Crippen molar-refractivity contribution in [3.63, 3.8) is 0 Å². The first kappa shape index (κ1) is 21.3. The number of fused-ring (bicyclic) bond motifs is 2. The van der Waals surface area contributed by atoms with Crippen LogP contribution in [0.15, 0.2) is 59.6 Å². The summed E-state index contributed by atoms with van der Waals surface area (Å²) in [5.74, 6) is 0.826. The van der Waals surface area contributed by atoms with Crippen molar-refractivity contribution in [3.05, 3.63) is 66.0 Å². The maximum atomic E-state index is 13.5. The van der Waals surface area contributed by atoms with Gasteiger partial charge in [0.1, 0.15) is 11.5 Å². The molecule has 7 nitrogen and oxygen atoms in total. The van der Waals surface area contributed by atoms with Gasteiger partial charge in [0.2, 0.25) is 11.9 Å². The van der Waals surface area contributed by atoms with E-state index in [1.165, 1.54) is 27.5 Å². The van der Waals surface area contributed by atoms with E-state index in [1.54, 1.807) is 19.2 Å². The number of guanidine groups is 1. The molecule has 0 aromatic heterocycles. The first-order chi connectivity index (χ1) is 15.9. The molecule has 3 heterocycles. The summed E-state index contributed by atoms with van der Waals surface area (Å²) in [5.41, 5.74) is 1.99. The molecule has 0 saturated carbocycles. The zero-order chi connectivity index (χ0) is 23.1. The Morgan fingerprint density at radius 2 is 1.82 bits per heavy atom. The van der Waals surface area contributed by atoms with Crippen molar-refractivity contribution in [2.24, 2.45) is 10.9 Å². The topological polar surface area (TPSA) is 59.2 Å². The summed E-state index contributed by atoms with van der Waals surface area (Å²) < 4.78 is 15.5. The number of nitrogens with zero attached hydrogens (tertiary/aromatic N) is 5. The minimum atomic E-state index is -0.620. The molecule has 2 aromatic rings. The lowest BCUT2D eigenvalue weighted by atomic mass is 10.1. The Morgan fingerprint density at radius 1 is 1.09 bits per heavy atom. The van der Waals surface area contributed by atoms with E-state index < -0.39 is 6.04 Å². The minimum absolute atomic E-state index is 0.229. The van der Waals surface area contributed by atoms with E-state index >= 15 is 0 Å². The molecule has 3 amide bonds. The predicted molar refractivity (Wildman–Crippen MR) is 124 cm³/mol. The fourth-order valence-electron chi connectivity index (χ4n) is 4.83. The Labute approximate surface area is 192 Å². The van der Waals surface area contributed by atoms with E-state index in [4.69, 9.17) is 4.99 Å². The molecule has 1 saturated heterocycles. The fraction of sp³-hybridized carbons (Fsp3) is 0.360. The molecule has 2 aromatic carbocycles. The number of carbonyl (C=O) groups excluding carboxylic acids is 2. The molecular formula is C25H27FN5O2+. The first-order valence-corrected chi connectivity index (χ1v) is 11.3. The first-order valence-electron chi connectivity index (χ1n) is 11.3. The number of carbonyl (C=O) groups is 2. The molecule has 3 aliphatic heterocycles. The number of anilines is 1. The Bertz CT molecular complexity index is 1150. The molecule has 0 spiro atoms. The number of amides is 3. The molecule has 5 rings (SSSR count). The van der Waals surface area contributed by atoms with E-state index in [2.05, 4.69) is 6.92 Å². The summed E-state index contributed by atoms with van der Waals surface area (Å²) in [5, 5.41) is 0. The van der Waals surface area contributed by atoms with Crippen molar-refractivity contribution in [1.82, 2.24) is 9.80 Å². The van der Waals surface area contributed by atoms with Crippen molar-refractivity contribution in [1.29, 1.82) is 0 Å². The van der Waals surface area contributed by atoms with Crippen molar-refractivity contribution in [3.8, 4) is 0 Å². The highest BCUT2D eigenvalue weighted by atomic mass is 19.1. The zero-order valence-electron chi connectivity index (χ0n) is 18.8. The highest BCUT2D eigenvalue weighted by Gasteiger charge is 2.54. The quantitative estimate of drug-likeness (QED) is 0.661. The predicted octanol–water partition coefficient (Wildman–Crippen LogP) is 2.96. The molecule has 3 aliphatic rings. The molecule has 2 unspecified atom stereocenters. The van der Waals surface area contributed by atoms with E-state index in [9.17, 15) is 14.0 Å². The van der Waals surface area contributed by atoms with Crippen LogP contribution in [0.1, 0.15) is 18.9 Å². The summed E-state index contributed by atoms with van der Waals surface area (Å²) in [6.45, 7) is 3.84. The van der Waals surface area contributed by atoms with Crippen LogP contribution in [0.3, 0.4) is 0 Å². The van der Waals surface area contributed by atoms with Gasteiger partial charge in [-0.25, -0.2) is 18.7 Å². The van der Waals surface area contributed by atoms with Crippen LogP contribution in [-0.2, 0) is 11.2 Å². The number of aryl methyl sites for hydroxylation is 1. The highest BCUT2D eigenvalue weighted by molar-refractivity contribution is 6.24. The molecule has 2 atom stereocenters. The van der Waals surface area contributed by atoms with Crippen LogP contribution in [0.5, 0.6) is 0 Å². The van der Waals surface area contributed by atoms with Gasteiger partial charge in [0.15, 0.2) is 0 Å². The number of rotatable bonds is 5. The summed E-state index contributed by atoms with van der Waals surface area (Å²) in [7, 11) is 1.68. The van der Waals surface area contributed by atoms with Gasteiger partial charge in [0.25, 0.3) is 5.91 Å². The highest BCUT2D eigenvalue weighted by Crippen LogP contribution is 2.28. The fourth-order valence-corrected chi connectivity index (χ4v) is 4.83. The number of aliphatic imine (C=N–C) groups is 1. The maximum absolute atomic E-state index is 13.5. The van der Waals surface area contributed by atoms with Crippen LogP contribution in [-0.4, -0.2) is 70.8 Å². The monoisotopic (exact) mass is 448 g/mol. The number of urea groups is 1. The van der Waals surface area contributed by atoms with Crippen molar-refractivity contribution < 1.29 is 18.6 Å². The third kappa shape index (κ3) is 3.79. The lowest BCUT2D eigenvalue weighted by molar-refractivity contribution is -0.545. The number of likely N-dealkylation sites (N-methyl/N-ethyl adjacent to an activating group) is 1. The van der Waals surface area contributed by atoms with Crippen LogP contribution in [0.25, 0.3) is 0 Å². The van der Waals surface area contributed by atoms with Gasteiger partial charge in [-0.3, -0.25) is 14.6 Å². The maximum Gasteiger partial charge on any atom is 0.397 e. The van der Waals surface area contributed by atoms with Gasteiger partial charge in [-0.1, -0.05) is 42.2 Å². The average molecular weight is 449 g/mol. The van der Waals surface area contributed by atoms with Crippen LogP contribution in [0, 0.1) is 11.7 Å². The van der Waals surface area contributed by atoms with Crippen molar-refractivity contribution in [2.45, 2.75) is 25.8 Å². The van der Waals surface area contributed by atoms with Crippen LogP contribution < -0.4 is 4.90 Å². The van der Waals surface area contributed by atoms with Crippen molar-refractivity contribution in [2.75, 3.05) is 31.6 Å². The Hall–Kier alpha value is -3.55. The van der Waals surface area contributed by atoms with Crippen LogP contribution in [0.4, 0.5) is 14.9 Å². The summed E-state index contributed by atoms with van der Waals surface area (Å²) in [4.78, 5) is 36.2. The second-order valence-electron chi connectivity index (χ2n) is 8.94. The van der Waals surface area contributed by atoms with Crippen molar-refractivity contribution >= 4 is 29.4 Å². The van der Waals surface area contributed by atoms with E-state index in [0.717, 1.165) is 12.1 Å². The molecule has 0 bridgehead atoms. The molecule has 0 N–H and O–H groups in total. The Morgan fingerprint density at radius 3 is 2.55 bits per heavy atom. The summed E-state index contributed by atoms with van der Waals surface area (Å²) >= 11 is 0. The number of benzene rings is 2. The molecular weight excluding hydrogens is 421 g/mol. The third-order valence-electron chi connectivity index (χ3n) is 6.46. The number of hydrogen-bond donors (Lipinski definition) is 0. The lowest BCUT2D eigenvalue weighted by Gasteiger charge is -2.35. The largest absolute Gasteiger partial charge is 0.397 e. The van der Waals surface area contributed by atoms with E-state index in [0.29, 0.717) is 37.9 Å². The number of hydrogen-bond acceptors (Lipinski definition) is 4.